The minimum absolute atomic E-state index is 0.453. The monoisotopic (exact) mass is 422 g/mol. The summed E-state index contributed by atoms with van der Waals surface area (Å²) in [5.74, 6) is 2.16. The predicted molar refractivity (Wildman–Crippen MR) is 120 cm³/mol. The van der Waals surface area contributed by atoms with Crippen LogP contribution >= 0.6 is 11.8 Å². The second-order valence-electron chi connectivity index (χ2n) is 6.96. The number of unbranched alkanes of at least 4 members (excludes halogenated alkanes) is 2. The Morgan fingerprint density at radius 3 is 2.73 bits per heavy atom. The van der Waals surface area contributed by atoms with Gasteiger partial charge in [0, 0.05) is 11.3 Å². The topological polar surface area (TPSA) is 69.2 Å². The van der Waals surface area contributed by atoms with E-state index in [9.17, 15) is 0 Å². The van der Waals surface area contributed by atoms with Gasteiger partial charge in [0.25, 0.3) is 0 Å². The summed E-state index contributed by atoms with van der Waals surface area (Å²) >= 11 is 1.54. The Morgan fingerprint density at radius 2 is 1.87 bits per heavy atom. The third-order valence-electron chi connectivity index (χ3n) is 4.81. The number of nitrogens with one attached hydrogen (secondary N) is 1. The number of rotatable bonds is 8. The normalized spacial score (nSPS) is 14.7. The van der Waals surface area contributed by atoms with Crippen LogP contribution in [0.25, 0.3) is 11.3 Å². The average Bonchev–Trinajstić information content (AvgIpc) is 2.94. The van der Waals surface area contributed by atoms with Crippen LogP contribution in [-0.2, 0) is 0 Å². The molecule has 0 unspecified atom stereocenters. The van der Waals surface area contributed by atoms with E-state index in [0.717, 1.165) is 47.6 Å². The Kier molecular flexibility index (Phi) is 6.69. The highest BCUT2D eigenvalue weighted by atomic mass is 32.2. The number of ether oxygens (including phenoxy) is 2. The van der Waals surface area contributed by atoms with Crippen LogP contribution in [0.5, 0.6) is 11.6 Å². The zero-order valence-electron chi connectivity index (χ0n) is 17.3. The molecule has 4 rings (SSSR count). The van der Waals surface area contributed by atoms with Crippen molar-refractivity contribution in [3.05, 3.63) is 54.1 Å². The summed E-state index contributed by atoms with van der Waals surface area (Å²) in [5.41, 5.74) is 3.42. The molecule has 0 saturated heterocycles. The summed E-state index contributed by atoms with van der Waals surface area (Å²) in [6.45, 7) is 4.94. The molecule has 156 valence electrons. The summed E-state index contributed by atoms with van der Waals surface area (Å²) in [5, 5.41) is 12.8. The molecule has 0 saturated carbocycles. The van der Waals surface area contributed by atoms with Crippen LogP contribution in [0.15, 0.2) is 53.7 Å². The first-order valence-electron chi connectivity index (χ1n) is 10.4. The highest BCUT2D eigenvalue weighted by Crippen LogP contribution is 2.41. The van der Waals surface area contributed by atoms with Crippen molar-refractivity contribution >= 4 is 17.4 Å². The van der Waals surface area contributed by atoms with Crippen LogP contribution < -0.4 is 14.8 Å². The van der Waals surface area contributed by atoms with E-state index < -0.39 is 6.23 Å². The molecule has 0 fully saturated rings. The first kappa shape index (κ1) is 20.5. The van der Waals surface area contributed by atoms with Gasteiger partial charge in [0.15, 0.2) is 5.69 Å². The Morgan fingerprint density at radius 1 is 1.03 bits per heavy atom. The van der Waals surface area contributed by atoms with Crippen LogP contribution in [-0.4, -0.2) is 27.5 Å². The quantitative estimate of drug-likeness (QED) is 0.367. The molecule has 1 aliphatic rings. The third-order valence-corrected chi connectivity index (χ3v) is 5.53. The van der Waals surface area contributed by atoms with Crippen LogP contribution in [0.2, 0.25) is 0 Å². The predicted octanol–water partition coefficient (Wildman–Crippen LogP) is 5.72. The molecule has 2 heterocycles. The number of thioether (sulfide) groups is 1. The van der Waals surface area contributed by atoms with Crippen LogP contribution in [0.4, 0.5) is 5.69 Å². The van der Waals surface area contributed by atoms with Gasteiger partial charge in [-0.25, -0.2) is 0 Å². The number of hydrogen-bond donors (Lipinski definition) is 1. The average molecular weight is 423 g/mol. The molecular formula is C23H26N4O2S. The number of aromatic nitrogens is 3. The molecule has 30 heavy (non-hydrogen) atoms. The van der Waals surface area contributed by atoms with E-state index >= 15 is 0 Å². The van der Waals surface area contributed by atoms with Crippen LogP contribution in [0.3, 0.4) is 0 Å². The maximum atomic E-state index is 6.36. The summed E-state index contributed by atoms with van der Waals surface area (Å²) in [6, 6.07) is 16.0. The van der Waals surface area contributed by atoms with Crippen molar-refractivity contribution < 1.29 is 9.47 Å². The van der Waals surface area contributed by atoms with Gasteiger partial charge in [0.2, 0.25) is 17.3 Å². The number of hydrogen-bond acceptors (Lipinski definition) is 7. The van der Waals surface area contributed by atoms with Crippen molar-refractivity contribution in [1.82, 2.24) is 15.2 Å². The van der Waals surface area contributed by atoms with Crippen molar-refractivity contribution in [1.29, 1.82) is 0 Å². The Hall–Kier alpha value is -2.80. The van der Waals surface area contributed by atoms with E-state index in [0.29, 0.717) is 23.3 Å². The van der Waals surface area contributed by atoms with Gasteiger partial charge in [-0.1, -0.05) is 68.8 Å². The van der Waals surface area contributed by atoms with Crippen molar-refractivity contribution in [3.8, 4) is 22.9 Å². The van der Waals surface area contributed by atoms with Gasteiger partial charge in [-0.3, -0.25) is 0 Å². The Balaban J connectivity index is 1.70. The third kappa shape index (κ3) is 4.51. The molecule has 1 atom stereocenters. The van der Waals surface area contributed by atoms with E-state index in [1.165, 1.54) is 0 Å². The largest absolute Gasteiger partial charge is 0.493 e. The molecule has 1 N–H and O–H groups in total. The fourth-order valence-electron chi connectivity index (χ4n) is 3.34. The molecule has 0 aliphatic carbocycles. The minimum atomic E-state index is -0.453. The molecule has 0 radical (unpaired) electrons. The number of nitrogens with zero attached hydrogens (tertiary/aromatic N) is 3. The highest BCUT2D eigenvalue weighted by molar-refractivity contribution is 7.99. The second-order valence-corrected chi connectivity index (χ2v) is 8.19. The molecule has 2 aromatic carbocycles. The lowest BCUT2D eigenvalue weighted by Crippen LogP contribution is -2.18. The molecule has 0 bridgehead atoms. The van der Waals surface area contributed by atoms with Crippen molar-refractivity contribution in [2.75, 3.05) is 17.7 Å². The Bertz CT molecular complexity index is 998. The first-order valence-corrected chi connectivity index (χ1v) is 11.4. The lowest BCUT2D eigenvalue weighted by Gasteiger charge is -2.22. The van der Waals surface area contributed by atoms with Crippen LogP contribution in [0, 0.1) is 0 Å². The molecule has 0 amide bonds. The summed E-state index contributed by atoms with van der Waals surface area (Å²) in [6.07, 6.45) is 2.90. The van der Waals surface area contributed by atoms with Gasteiger partial charge in [-0.05, 0) is 30.4 Å². The van der Waals surface area contributed by atoms with E-state index in [4.69, 9.17) is 9.47 Å². The number of benzene rings is 2. The maximum absolute atomic E-state index is 6.36. The SMILES string of the molecule is CCCCCOc1ccccc1[C@H]1Nc2ccccc2-c2nnc(SCC)nc2O1. The number of fused-ring (bicyclic) bond motifs is 3. The van der Waals surface area contributed by atoms with Gasteiger partial charge in [0.1, 0.15) is 5.75 Å². The molecule has 7 heteroatoms. The second kappa shape index (κ2) is 9.80. The standard InChI is InChI=1S/C23H26N4O2S/c1-3-5-10-15-28-19-14-9-7-12-17(19)21-24-18-13-8-6-11-16(18)20-22(29-21)25-23(27-26-20)30-4-2/h6-9,11-14,21,24H,3-5,10,15H2,1-2H3/t21-/m0/s1. The van der Waals surface area contributed by atoms with Crippen LogP contribution in [0.1, 0.15) is 44.9 Å². The lowest BCUT2D eigenvalue weighted by molar-refractivity contribution is 0.215. The van der Waals surface area contributed by atoms with Gasteiger partial charge in [-0.2, -0.15) is 4.98 Å². The zero-order chi connectivity index (χ0) is 20.8. The molecular weight excluding hydrogens is 396 g/mol. The Labute approximate surface area is 181 Å². The van der Waals surface area contributed by atoms with Crippen molar-refractivity contribution in [2.45, 2.75) is 44.5 Å². The van der Waals surface area contributed by atoms with Crippen molar-refractivity contribution in [3.63, 3.8) is 0 Å². The van der Waals surface area contributed by atoms with E-state index in [1.807, 2.05) is 48.5 Å². The lowest BCUT2D eigenvalue weighted by atomic mass is 10.1. The molecule has 3 aromatic rings. The molecule has 1 aliphatic heterocycles. The van der Waals surface area contributed by atoms with Gasteiger partial charge in [-0.15, -0.1) is 10.2 Å². The van der Waals surface area contributed by atoms with Crippen molar-refractivity contribution in [2.24, 2.45) is 0 Å². The van der Waals surface area contributed by atoms with Gasteiger partial charge in [0.05, 0.1) is 12.2 Å². The summed E-state index contributed by atoms with van der Waals surface area (Å²) in [7, 11) is 0. The minimum Gasteiger partial charge on any atom is -0.493 e. The van der Waals surface area contributed by atoms with E-state index in [1.54, 1.807) is 11.8 Å². The maximum Gasteiger partial charge on any atom is 0.247 e. The zero-order valence-corrected chi connectivity index (χ0v) is 18.1. The first-order chi connectivity index (χ1) is 14.8. The number of para-hydroxylation sites is 2. The number of anilines is 1. The van der Waals surface area contributed by atoms with Gasteiger partial charge < -0.3 is 14.8 Å². The van der Waals surface area contributed by atoms with E-state index in [-0.39, 0.29) is 0 Å². The molecule has 6 nitrogen and oxygen atoms in total. The smallest absolute Gasteiger partial charge is 0.247 e. The molecule has 1 aromatic heterocycles. The summed E-state index contributed by atoms with van der Waals surface area (Å²) in [4.78, 5) is 4.64. The van der Waals surface area contributed by atoms with E-state index in [2.05, 4.69) is 34.3 Å². The molecule has 0 spiro atoms. The fraction of sp³-hybridized carbons (Fsp3) is 0.348. The highest BCUT2D eigenvalue weighted by Gasteiger charge is 2.27. The van der Waals surface area contributed by atoms with Gasteiger partial charge >= 0.3 is 0 Å². The fourth-order valence-corrected chi connectivity index (χ4v) is 3.85. The summed E-state index contributed by atoms with van der Waals surface area (Å²) < 4.78 is 12.5.